The molecule has 0 N–H and O–H groups in total. The number of halogens is 1. The second-order valence-electron chi connectivity index (χ2n) is 2.06. The Hall–Kier alpha value is 1.20. The maximum absolute atomic E-state index is 10.9. The quantitative estimate of drug-likeness (QED) is 0.687. The van der Waals surface area contributed by atoms with Gasteiger partial charge in [0, 0.05) is 0 Å². The van der Waals surface area contributed by atoms with Crippen molar-refractivity contribution in [1.29, 1.82) is 0 Å². The summed E-state index contributed by atoms with van der Waals surface area (Å²) in [5, 5.41) is 0. The summed E-state index contributed by atoms with van der Waals surface area (Å²) in [5.74, 6) is 0.332. The van der Waals surface area contributed by atoms with E-state index in [2.05, 4.69) is 0 Å². The van der Waals surface area contributed by atoms with E-state index >= 15 is 0 Å². The average Bonchev–Trinajstić information content (AvgIpc) is 2.06. The number of benzene rings is 1. The third kappa shape index (κ3) is 5.59. The van der Waals surface area contributed by atoms with E-state index < -0.39 is 28.4 Å². The zero-order valence-electron chi connectivity index (χ0n) is 6.10. The van der Waals surface area contributed by atoms with Crippen LogP contribution in [0.15, 0.2) is 30.3 Å². The summed E-state index contributed by atoms with van der Waals surface area (Å²) in [5.41, 5.74) is 0. The predicted molar refractivity (Wildman–Crippen MR) is 49.0 cm³/mol. The Labute approximate surface area is 113 Å². The Kier molecular flexibility index (Phi) is 7.25. The van der Waals surface area contributed by atoms with Crippen LogP contribution in [0, 0.1) is 0 Å². The topological polar surface area (TPSA) is 43.4 Å². The second-order valence-corrected chi connectivity index (χ2v) is 20.1. The van der Waals surface area contributed by atoms with Gasteiger partial charge in [0.05, 0.1) is 0 Å². The van der Waals surface area contributed by atoms with Crippen LogP contribution in [-0.2, 0) is 28.4 Å². The minimum absolute atomic E-state index is 0. The van der Waals surface area contributed by atoms with Gasteiger partial charge in [-0.2, -0.15) is 0 Å². The molecule has 0 aliphatic rings. The molecule has 1 rings (SSSR count). The SMILES string of the molecule is O=[S](=O)(Oc1ccccc1)[Hg][Cl].[NaH]. The molecule has 0 aromatic heterocycles. The molecule has 0 spiro atoms. The molecule has 0 heterocycles. The number of hydrogen-bond donors (Lipinski definition) is 0. The number of para-hydroxylation sites is 1. The van der Waals surface area contributed by atoms with Crippen molar-refractivity contribution in [3.63, 3.8) is 0 Å². The summed E-state index contributed by atoms with van der Waals surface area (Å²) in [6.07, 6.45) is 0. The summed E-state index contributed by atoms with van der Waals surface area (Å²) in [6, 6.07) is 8.35. The monoisotopic (exact) mass is 418 g/mol. The molecular formula is C6H6ClHgNaO3S. The molecular weight excluding hydrogens is 411 g/mol. The van der Waals surface area contributed by atoms with Gasteiger partial charge in [-0.1, -0.05) is 0 Å². The Bertz CT molecular complexity index is 342. The van der Waals surface area contributed by atoms with Gasteiger partial charge in [0.15, 0.2) is 0 Å². The van der Waals surface area contributed by atoms with E-state index in [0.717, 1.165) is 0 Å². The summed E-state index contributed by atoms with van der Waals surface area (Å²) in [6.45, 7) is -3.38. The third-order valence-corrected chi connectivity index (χ3v) is 13.3. The van der Waals surface area contributed by atoms with Crippen LogP contribution in [0.25, 0.3) is 0 Å². The van der Waals surface area contributed by atoms with Gasteiger partial charge in [0.25, 0.3) is 0 Å². The zero-order valence-corrected chi connectivity index (χ0v) is 13.2. The normalized spacial score (nSPS) is 9.62. The van der Waals surface area contributed by atoms with E-state index in [-0.39, 0.29) is 29.6 Å². The van der Waals surface area contributed by atoms with Crippen LogP contribution in [0.3, 0.4) is 0 Å². The third-order valence-electron chi connectivity index (χ3n) is 1.10. The first-order valence-corrected chi connectivity index (χ1v) is 18.2. The number of rotatable bonds is 3. The summed E-state index contributed by atoms with van der Waals surface area (Å²) >= 11 is -2.36. The van der Waals surface area contributed by atoms with Crippen molar-refractivity contribution in [1.82, 2.24) is 0 Å². The molecule has 7 heteroatoms. The van der Waals surface area contributed by atoms with Crippen molar-refractivity contribution in [2.75, 3.05) is 0 Å². The van der Waals surface area contributed by atoms with Crippen molar-refractivity contribution < 1.29 is 34.4 Å². The van der Waals surface area contributed by atoms with Gasteiger partial charge in [-0.3, -0.25) is 0 Å². The Morgan fingerprint density at radius 2 is 1.77 bits per heavy atom. The Balaban J connectivity index is 0.00000144. The molecule has 0 aliphatic carbocycles. The van der Waals surface area contributed by atoms with Crippen LogP contribution in [0.1, 0.15) is 0 Å². The van der Waals surface area contributed by atoms with E-state index in [1.807, 2.05) is 0 Å². The van der Waals surface area contributed by atoms with Crippen LogP contribution in [0.2, 0.25) is 0 Å². The average molecular weight is 417 g/mol. The van der Waals surface area contributed by atoms with Gasteiger partial charge in [0.2, 0.25) is 0 Å². The van der Waals surface area contributed by atoms with Gasteiger partial charge in [-0.25, -0.2) is 0 Å². The predicted octanol–water partition coefficient (Wildman–Crippen LogP) is 0.898. The molecule has 13 heavy (non-hydrogen) atoms. The molecule has 0 saturated heterocycles. The van der Waals surface area contributed by atoms with E-state index in [1.165, 1.54) is 0 Å². The fourth-order valence-corrected chi connectivity index (χ4v) is 4.37. The molecule has 0 amide bonds. The number of hydrogen-bond acceptors (Lipinski definition) is 3. The second kappa shape index (κ2) is 6.64. The molecule has 3 nitrogen and oxygen atoms in total. The summed E-state index contributed by atoms with van der Waals surface area (Å²) < 4.78 is 26.5. The molecule has 0 saturated carbocycles. The summed E-state index contributed by atoms with van der Waals surface area (Å²) in [7, 11) is 5.35. The van der Waals surface area contributed by atoms with Crippen molar-refractivity contribution in [3.05, 3.63) is 30.3 Å². The van der Waals surface area contributed by atoms with E-state index in [1.54, 1.807) is 30.3 Å². The van der Waals surface area contributed by atoms with Gasteiger partial charge in [-0.15, -0.1) is 0 Å². The molecule has 1 aromatic carbocycles. The van der Waals surface area contributed by atoms with Crippen molar-refractivity contribution >= 4 is 44.4 Å². The van der Waals surface area contributed by atoms with Crippen LogP contribution in [-0.4, -0.2) is 38.0 Å². The first kappa shape index (κ1) is 14.2. The van der Waals surface area contributed by atoms with Crippen LogP contribution in [0.4, 0.5) is 0 Å². The zero-order chi connectivity index (χ0) is 9.03. The maximum atomic E-state index is 10.9. The van der Waals surface area contributed by atoms with Gasteiger partial charge in [0.1, 0.15) is 0 Å². The van der Waals surface area contributed by atoms with Crippen molar-refractivity contribution in [3.8, 4) is 5.75 Å². The molecule has 64 valence electrons. The van der Waals surface area contributed by atoms with Gasteiger partial charge >= 0.3 is 115 Å². The fraction of sp³-hybridized carbons (Fsp3) is 0. The van der Waals surface area contributed by atoms with Crippen LogP contribution >= 0.6 is 8.25 Å². The molecule has 0 atom stereocenters. The first-order valence-electron chi connectivity index (χ1n) is 3.17. The van der Waals surface area contributed by atoms with Gasteiger partial charge < -0.3 is 0 Å². The minimum atomic E-state index is -3.38. The van der Waals surface area contributed by atoms with Gasteiger partial charge in [-0.05, 0) is 0 Å². The molecule has 0 bridgehead atoms. The Morgan fingerprint density at radius 1 is 1.23 bits per heavy atom. The van der Waals surface area contributed by atoms with Crippen LogP contribution in [0.5, 0.6) is 5.75 Å². The van der Waals surface area contributed by atoms with Crippen molar-refractivity contribution in [2.45, 2.75) is 0 Å². The summed E-state index contributed by atoms with van der Waals surface area (Å²) in [4.78, 5) is 0. The standard InChI is InChI=1S/C6H5O3S.ClH.Hg.Na.H/c7-10(8)9-6-4-2-1-3-5-6;;;;/h1-5H;1H;;;/q;;+1;;/p-1. The fourth-order valence-electron chi connectivity index (χ4n) is 0.645. The van der Waals surface area contributed by atoms with E-state index in [0.29, 0.717) is 5.75 Å². The van der Waals surface area contributed by atoms with Crippen LogP contribution < -0.4 is 4.18 Å². The molecule has 0 aliphatic heterocycles. The Morgan fingerprint density at radius 3 is 2.23 bits per heavy atom. The van der Waals surface area contributed by atoms with Crippen molar-refractivity contribution in [2.24, 2.45) is 0 Å². The molecule has 0 fully saturated rings. The first-order chi connectivity index (χ1) is 5.64. The van der Waals surface area contributed by atoms with E-state index in [4.69, 9.17) is 12.4 Å². The molecule has 1 aromatic rings. The molecule has 0 radical (unpaired) electrons. The van der Waals surface area contributed by atoms with E-state index in [9.17, 15) is 8.42 Å². The molecule has 0 unspecified atom stereocenters.